The number of carbonyl (C=O) groups excluding carboxylic acids is 1. The molecule has 0 aliphatic carbocycles. The van der Waals surface area contributed by atoms with E-state index < -0.39 is 10.0 Å². The van der Waals surface area contributed by atoms with Crippen LogP contribution >= 0.6 is 0 Å². The lowest BCUT2D eigenvalue weighted by atomic mass is 10.1. The van der Waals surface area contributed by atoms with Gasteiger partial charge in [0, 0.05) is 43.1 Å². The third-order valence-electron chi connectivity index (χ3n) is 5.96. The van der Waals surface area contributed by atoms with Crippen molar-refractivity contribution in [2.24, 2.45) is 0 Å². The topological polar surface area (TPSA) is 79.0 Å². The van der Waals surface area contributed by atoms with Crippen molar-refractivity contribution in [1.82, 2.24) is 4.31 Å². The highest BCUT2D eigenvalue weighted by molar-refractivity contribution is 7.89. The van der Waals surface area contributed by atoms with E-state index in [9.17, 15) is 13.2 Å². The summed E-state index contributed by atoms with van der Waals surface area (Å²) in [5.74, 6) is -0.111. The van der Waals surface area contributed by atoms with Crippen molar-refractivity contribution in [3.63, 3.8) is 0 Å². The number of nitrogens with one attached hydrogen (secondary N) is 1. The Hall–Kier alpha value is -2.58. The highest BCUT2D eigenvalue weighted by Crippen LogP contribution is 2.30. The first-order valence-corrected chi connectivity index (χ1v) is 12.3. The number of nitrogens with zero attached hydrogens (tertiary/aromatic N) is 2. The first kappa shape index (κ1) is 21.6. The molecule has 0 atom stereocenters. The number of carbonyl (C=O) groups is 1. The smallest absolute Gasteiger partial charge is 0.255 e. The molecule has 2 aliphatic heterocycles. The number of sulfonamides is 1. The predicted octanol–water partition coefficient (Wildman–Crippen LogP) is 3.72. The second-order valence-corrected chi connectivity index (χ2v) is 9.93. The quantitative estimate of drug-likeness (QED) is 0.736. The van der Waals surface area contributed by atoms with Gasteiger partial charge in [0.1, 0.15) is 10.6 Å². The van der Waals surface area contributed by atoms with E-state index in [0.29, 0.717) is 18.8 Å². The number of anilines is 2. The Bertz CT molecular complexity index is 1030. The maximum atomic E-state index is 13.0. The zero-order valence-corrected chi connectivity index (χ0v) is 18.7. The van der Waals surface area contributed by atoms with E-state index in [4.69, 9.17) is 4.74 Å². The zero-order valence-electron chi connectivity index (χ0n) is 17.8. The summed E-state index contributed by atoms with van der Waals surface area (Å²) in [6.45, 7) is 3.11. The van der Waals surface area contributed by atoms with E-state index >= 15 is 0 Å². The highest BCUT2D eigenvalue weighted by atomic mass is 32.2. The molecule has 1 amide bonds. The fraction of sp³-hybridized carbons (Fsp3) is 0.435. The summed E-state index contributed by atoms with van der Waals surface area (Å²) in [6.07, 6.45) is 5.38. The van der Waals surface area contributed by atoms with Crippen LogP contribution in [0.2, 0.25) is 0 Å². The lowest BCUT2D eigenvalue weighted by Gasteiger charge is -2.28. The molecule has 0 spiro atoms. The Morgan fingerprint density at radius 3 is 2.19 bits per heavy atom. The summed E-state index contributed by atoms with van der Waals surface area (Å²) in [4.78, 5) is 15.2. The molecule has 31 heavy (non-hydrogen) atoms. The number of hydrogen-bond donors (Lipinski definition) is 1. The first-order valence-electron chi connectivity index (χ1n) is 10.8. The Labute approximate surface area is 184 Å². The Morgan fingerprint density at radius 1 is 0.903 bits per heavy atom. The monoisotopic (exact) mass is 443 g/mol. The van der Waals surface area contributed by atoms with Crippen molar-refractivity contribution in [3.05, 3.63) is 48.0 Å². The van der Waals surface area contributed by atoms with Gasteiger partial charge in [0.25, 0.3) is 5.91 Å². The SMILES string of the molecule is COc1ccc(C(=O)Nc2ccc(N3CCCCC3)cc2)cc1S(=O)(=O)N1CCCC1. The number of ether oxygens (including phenoxy) is 1. The maximum absolute atomic E-state index is 13.0. The molecule has 0 saturated carbocycles. The van der Waals surface area contributed by atoms with Crippen LogP contribution in [0.1, 0.15) is 42.5 Å². The lowest BCUT2D eigenvalue weighted by Crippen LogP contribution is -2.29. The van der Waals surface area contributed by atoms with Crippen LogP contribution in [0.25, 0.3) is 0 Å². The van der Waals surface area contributed by atoms with Crippen LogP contribution in [-0.4, -0.2) is 51.9 Å². The second kappa shape index (κ2) is 9.28. The minimum Gasteiger partial charge on any atom is -0.495 e. The van der Waals surface area contributed by atoms with Gasteiger partial charge >= 0.3 is 0 Å². The molecule has 0 aromatic heterocycles. The third kappa shape index (κ3) is 4.70. The second-order valence-electron chi connectivity index (χ2n) is 8.03. The molecule has 0 unspecified atom stereocenters. The summed E-state index contributed by atoms with van der Waals surface area (Å²) in [7, 11) is -2.27. The highest BCUT2D eigenvalue weighted by Gasteiger charge is 2.30. The van der Waals surface area contributed by atoms with Crippen molar-refractivity contribution in [3.8, 4) is 5.75 Å². The van der Waals surface area contributed by atoms with Crippen molar-refractivity contribution >= 4 is 27.3 Å². The molecule has 2 aliphatic rings. The molecule has 2 aromatic carbocycles. The van der Waals surface area contributed by atoms with Gasteiger partial charge in [-0.3, -0.25) is 4.79 Å². The number of amides is 1. The maximum Gasteiger partial charge on any atom is 0.255 e. The van der Waals surface area contributed by atoms with E-state index in [1.165, 1.54) is 42.8 Å². The third-order valence-corrected chi connectivity index (χ3v) is 7.87. The molecular weight excluding hydrogens is 414 g/mol. The minimum atomic E-state index is -3.71. The van der Waals surface area contributed by atoms with Gasteiger partial charge in [0.05, 0.1) is 7.11 Å². The van der Waals surface area contributed by atoms with E-state index in [1.54, 1.807) is 6.07 Å². The van der Waals surface area contributed by atoms with Crippen LogP contribution in [0, 0.1) is 0 Å². The molecule has 8 heteroatoms. The number of rotatable bonds is 6. The van der Waals surface area contributed by atoms with Gasteiger partial charge in [-0.1, -0.05) is 0 Å². The van der Waals surface area contributed by atoms with E-state index in [2.05, 4.69) is 10.2 Å². The van der Waals surface area contributed by atoms with E-state index in [1.807, 2.05) is 24.3 Å². The zero-order chi connectivity index (χ0) is 21.8. The van der Waals surface area contributed by atoms with Gasteiger partial charge < -0.3 is 15.0 Å². The van der Waals surface area contributed by atoms with E-state index in [0.717, 1.165) is 31.6 Å². The molecule has 166 valence electrons. The summed E-state index contributed by atoms with van der Waals surface area (Å²) >= 11 is 0. The number of benzene rings is 2. The summed E-state index contributed by atoms with van der Waals surface area (Å²) < 4.78 is 32.8. The van der Waals surface area contributed by atoms with Crippen molar-refractivity contribution in [1.29, 1.82) is 0 Å². The molecule has 4 rings (SSSR count). The van der Waals surface area contributed by atoms with Gasteiger partial charge in [0.15, 0.2) is 0 Å². The summed E-state index contributed by atoms with van der Waals surface area (Å²) in [5.41, 5.74) is 2.10. The molecule has 2 saturated heterocycles. The number of hydrogen-bond acceptors (Lipinski definition) is 5. The molecule has 0 bridgehead atoms. The van der Waals surface area contributed by atoms with Crippen LogP contribution in [0.3, 0.4) is 0 Å². The Morgan fingerprint density at radius 2 is 1.55 bits per heavy atom. The van der Waals surface area contributed by atoms with Gasteiger partial charge in [0.2, 0.25) is 10.0 Å². The predicted molar refractivity (Wildman–Crippen MR) is 121 cm³/mol. The van der Waals surface area contributed by atoms with Gasteiger partial charge in [-0.2, -0.15) is 4.31 Å². The summed E-state index contributed by atoms with van der Waals surface area (Å²) in [6, 6.07) is 12.3. The lowest BCUT2D eigenvalue weighted by molar-refractivity contribution is 0.102. The fourth-order valence-corrected chi connectivity index (χ4v) is 5.90. The average molecular weight is 444 g/mol. The van der Waals surface area contributed by atoms with Crippen LogP contribution in [0.4, 0.5) is 11.4 Å². The van der Waals surface area contributed by atoms with Crippen LogP contribution in [0.5, 0.6) is 5.75 Å². The van der Waals surface area contributed by atoms with Crippen molar-refractivity contribution in [2.75, 3.05) is 43.5 Å². The van der Waals surface area contributed by atoms with Crippen molar-refractivity contribution < 1.29 is 17.9 Å². The molecular formula is C23H29N3O4S. The molecule has 0 radical (unpaired) electrons. The number of methoxy groups -OCH3 is 1. The molecule has 1 N–H and O–H groups in total. The van der Waals surface area contributed by atoms with Gasteiger partial charge in [-0.25, -0.2) is 8.42 Å². The molecule has 2 fully saturated rings. The fourth-order valence-electron chi connectivity index (χ4n) is 4.20. The Kier molecular flexibility index (Phi) is 6.48. The Balaban J connectivity index is 1.52. The standard InChI is InChI=1S/C23H29N3O4S/c1-30-21-12-7-18(17-22(21)31(28,29)26-15-5-6-16-26)23(27)24-19-8-10-20(11-9-19)25-13-3-2-4-14-25/h7-12,17H,2-6,13-16H2,1H3,(H,24,27). The van der Waals surface area contributed by atoms with Crippen LogP contribution < -0.4 is 15.0 Å². The number of piperidine rings is 1. The first-order chi connectivity index (χ1) is 15.0. The van der Waals surface area contributed by atoms with Gasteiger partial charge in [-0.05, 0) is 74.6 Å². The van der Waals surface area contributed by atoms with E-state index in [-0.39, 0.29) is 22.1 Å². The normalized spacial score (nSPS) is 17.5. The van der Waals surface area contributed by atoms with Crippen LogP contribution in [-0.2, 0) is 10.0 Å². The van der Waals surface area contributed by atoms with Crippen LogP contribution in [0.15, 0.2) is 47.4 Å². The van der Waals surface area contributed by atoms with Gasteiger partial charge in [-0.15, -0.1) is 0 Å². The average Bonchev–Trinajstić information content (AvgIpc) is 3.36. The largest absolute Gasteiger partial charge is 0.495 e. The van der Waals surface area contributed by atoms with Crippen molar-refractivity contribution in [2.45, 2.75) is 37.0 Å². The molecule has 2 heterocycles. The molecule has 7 nitrogen and oxygen atoms in total. The molecule has 2 aromatic rings. The summed E-state index contributed by atoms with van der Waals surface area (Å²) in [5, 5.41) is 2.87. The minimum absolute atomic E-state index is 0.0324.